The Morgan fingerprint density at radius 3 is 2.31 bits per heavy atom. The molecular weight excluding hydrogens is 420 g/mol. The first-order valence-electron chi connectivity index (χ1n) is 12.2. The van der Waals surface area contributed by atoms with E-state index in [1.54, 1.807) is 22.6 Å². The lowest BCUT2D eigenvalue weighted by atomic mass is 9.97. The highest BCUT2D eigenvalue weighted by Crippen LogP contribution is 2.26. The van der Waals surface area contributed by atoms with E-state index >= 15 is 0 Å². The number of hydrogen-bond acceptors (Lipinski definition) is 4. The Hall–Kier alpha value is -1.76. The maximum absolute atomic E-state index is 13.2. The van der Waals surface area contributed by atoms with Crippen LogP contribution in [0.15, 0.2) is 17.3 Å². The lowest BCUT2D eigenvalue weighted by Crippen LogP contribution is -2.40. The zero-order chi connectivity index (χ0) is 23.6. The Morgan fingerprint density at radius 2 is 1.75 bits per heavy atom. The monoisotopic (exact) mass is 462 g/mol. The van der Waals surface area contributed by atoms with E-state index < -0.39 is 5.54 Å². The summed E-state index contributed by atoms with van der Waals surface area (Å²) in [6, 6.07) is 0.237. The number of hydrogen-bond donors (Lipinski definition) is 2. The van der Waals surface area contributed by atoms with Crippen LogP contribution in [0, 0.1) is 5.92 Å². The van der Waals surface area contributed by atoms with E-state index in [1.165, 1.54) is 51.9 Å². The lowest BCUT2D eigenvalue weighted by Gasteiger charge is -2.21. The summed E-state index contributed by atoms with van der Waals surface area (Å²) in [5, 5.41) is 11.6. The van der Waals surface area contributed by atoms with Crippen molar-refractivity contribution < 1.29 is 9.59 Å². The summed E-state index contributed by atoms with van der Waals surface area (Å²) in [6.45, 7) is 9.71. The topological polar surface area (TPSA) is 76.0 Å². The zero-order valence-electron chi connectivity index (χ0n) is 20.6. The second-order valence-corrected chi connectivity index (χ2v) is 11.0. The Balaban J connectivity index is 2.17. The number of amides is 2. The molecule has 180 valence electrons. The van der Waals surface area contributed by atoms with Crippen LogP contribution in [0.3, 0.4) is 0 Å². The van der Waals surface area contributed by atoms with E-state index in [2.05, 4.69) is 29.6 Å². The van der Waals surface area contributed by atoms with Crippen LogP contribution in [0.1, 0.15) is 103 Å². The Bertz CT molecular complexity index is 760. The second-order valence-electron chi connectivity index (χ2n) is 9.95. The highest BCUT2D eigenvalue weighted by atomic mass is 32.2. The SMILES string of the molecule is CC(=O)NC(C)(C)/C=C/n1ncc(C(=O)NC2CCCCCCCCC2)c1SCC(C)C. The molecule has 1 heterocycles. The predicted octanol–water partition coefficient (Wildman–Crippen LogP) is 5.64. The molecule has 0 saturated heterocycles. The largest absolute Gasteiger partial charge is 0.349 e. The van der Waals surface area contributed by atoms with Crippen LogP contribution in [0.4, 0.5) is 0 Å². The van der Waals surface area contributed by atoms with E-state index in [-0.39, 0.29) is 17.9 Å². The van der Waals surface area contributed by atoms with Gasteiger partial charge in [-0.2, -0.15) is 5.10 Å². The number of nitrogens with one attached hydrogen (secondary N) is 2. The molecule has 0 bridgehead atoms. The van der Waals surface area contributed by atoms with Crippen molar-refractivity contribution in [3.05, 3.63) is 17.8 Å². The van der Waals surface area contributed by atoms with Crippen molar-refractivity contribution in [2.75, 3.05) is 5.75 Å². The van der Waals surface area contributed by atoms with Gasteiger partial charge in [0.05, 0.1) is 17.3 Å². The number of aromatic nitrogens is 2. The van der Waals surface area contributed by atoms with Crippen molar-refractivity contribution >= 4 is 29.8 Å². The average molecular weight is 463 g/mol. The van der Waals surface area contributed by atoms with Crippen LogP contribution in [0.25, 0.3) is 6.20 Å². The summed E-state index contributed by atoms with van der Waals surface area (Å²) in [5.74, 6) is 1.29. The van der Waals surface area contributed by atoms with Crippen LogP contribution in [0.5, 0.6) is 0 Å². The molecule has 1 aliphatic rings. The molecule has 0 aliphatic heterocycles. The van der Waals surface area contributed by atoms with E-state index in [4.69, 9.17) is 0 Å². The van der Waals surface area contributed by atoms with E-state index in [1.807, 2.05) is 26.1 Å². The summed E-state index contributed by atoms with van der Waals surface area (Å²) < 4.78 is 1.76. The quantitative estimate of drug-likeness (QED) is 0.490. The molecule has 0 unspecified atom stereocenters. The van der Waals surface area contributed by atoms with Gasteiger partial charge in [0.25, 0.3) is 5.91 Å². The number of carbonyl (C=O) groups excluding carboxylic acids is 2. The molecule has 0 spiro atoms. The molecule has 2 amide bonds. The van der Waals surface area contributed by atoms with Crippen LogP contribution >= 0.6 is 11.8 Å². The van der Waals surface area contributed by atoms with Gasteiger partial charge in [0.2, 0.25) is 5.91 Å². The van der Waals surface area contributed by atoms with Gasteiger partial charge in [-0.25, -0.2) is 4.68 Å². The average Bonchev–Trinajstić information content (AvgIpc) is 3.12. The van der Waals surface area contributed by atoms with Gasteiger partial charge in [0.15, 0.2) is 0 Å². The minimum atomic E-state index is -0.504. The highest BCUT2D eigenvalue weighted by Gasteiger charge is 2.22. The second kappa shape index (κ2) is 13.1. The van der Waals surface area contributed by atoms with Gasteiger partial charge in [-0.15, -0.1) is 11.8 Å². The number of carbonyl (C=O) groups is 2. The maximum Gasteiger partial charge on any atom is 0.255 e. The van der Waals surface area contributed by atoms with E-state index in [9.17, 15) is 9.59 Å². The smallest absolute Gasteiger partial charge is 0.255 e. The molecule has 0 atom stereocenters. The van der Waals surface area contributed by atoms with Gasteiger partial charge in [0.1, 0.15) is 5.03 Å². The molecule has 0 radical (unpaired) electrons. The summed E-state index contributed by atoms with van der Waals surface area (Å²) in [5.41, 5.74) is 0.130. The van der Waals surface area contributed by atoms with Crippen molar-refractivity contribution in [3.8, 4) is 0 Å². The van der Waals surface area contributed by atoms with Crippen molar-refractivity contribution in [1.29, 1.82) is 0 Å². The summed E-state index contributed by atoms with van der Waals surface area (Å²) >= 11 is 1.66. The minimum Gasteiger partial charge on any atom is -0.349 e. The number of nitrogens with zero attached hydrogens (tertiary/aromatic N) is 2. The molecule has 32 heavy (non-hydrogen) atoms. The molecule has 6 nitrogen and oxygen atoms in total. The van der Waals surface area contributed by atoms with Gasteiger partial charge in [-0.05, 0) is 38.7 Å². The standard InChI is InChI=1S/C25H42N4O2S/c1-19(2)18-32-24-22(17-26-29(24)16-15-25(4,5)28-20(3)30)23(31)27-21-13-11-9-7-6-8-10-12-14-21/h15-17,19,21H,6-14,18H2,1-5H3,(H,27,31)(H,28,30)/b16-15+. The van der Waals surface area contributed by atoms with Crippen LogP contribution < -0.4 is 10.6 Å². The zero-order valence-corrected chi connectivity index (χ0v) is 21.4. The van der Waals surface area contributed by atoms with Gasteiger partial charge in [-0.3, -0.25) is 9.59 Å². The predicted molar refractivity (Wildman–Crippen MR) is 134 cm³/mol. The molecule has 1 saturated carbocycles. The fourth-order valence-electron chi connectivity index (χ4n) is 3.97. The van der Waals surface area contributed by atoms with E-state index in [0.717, 1.165) is 23.6 Å². The van der Waals surface area contributed by atoms with Crippen LogP contribution in [-0.4, -0.2) is 38.9 Å². The summed E-state index contributed by atoms with van der Waals surface area (Å²) in [7, 11) is 0. The number of rotatable bonds is 8. The molecule has 2 N–H and O–H groups in total. The molecule has 0 aromatic carbocycles. The normalized spacial score (nSPS) is 16.9. The molecule has 2 rings (SSSR count). The molecule has 1 aromatic rings. The molecular formula is C25H42N4O2S. The highest BCUT2D eigenvalue weighted by molar-refractivity contribution is 7.99. The fourth-order valence-corrected chi connectivity index (χ4v) is 5.00. The minimum absolute atomic E-state index is 0.0286. The van der Waals surface area contributed by atoms with Gasteiger partial charge in [0, 0.05) is 24.9 Å². The van der Waals surface area contributed by atoms with Crippen LogP contribution in [-0.2, 0) is 4.79 Å². The van der Waals surface area contributed by atoms with Crippen molar-refractivity contribution in [3.63, 3.8) is 0 Å². The first-order valence-corrected chi connectivity index (χ1v) is 13.2. The third-order valence-electron chi connectivity index (χ3n) is 5.62. The fraction of sp³-hybridized carbons (Fsp3) is 0.720. The Kier molecular flexibility index (Phi) is 10.8. The van der Waals surface area contributed by atoms with Crippen molar-refractivity contribution in [1.82, 2.24) is 20.4 Å². The molecule has 1 aliphatic carbocycles. The van der Waals surface area contributed by atoms with Gasteiger partial charge in [-0.1, -0.05) is 58.8 Å². The van der Waals surface area contributed by atoms with Gasteiger partial charge < -0.3 is 10.6 Å². The van der Waals surface area contributed by atoms with Crippen LogP contribution in [0.2, 0.25) is 0 Å². The molecule has 7 heteroatoms. The molecule has 1 fully saturated rings. The van der Waals surface area contributed by atoms with Crippen molar-refractivity contribution in [2.45, 2.75) is 109 Å². The third kappa shape index (κ3) is 9.39. The lowest BCUT2D eigenvalue weighted by molar-refractivity contribution is -0.120. The maximum atomic E-state index is 13.2. The summed E-state index contributed by atoms with van der Waals surface area (Å²) in [6.07, 6.45) is 16.4. The first kappa shape index (κ1) is 26.5. The third-order valence-corrected chi connectivity index (χ3v) is 7.13. The number of thioether (sulfide) groups is 1. The Labute approximate surface area is 198 Å². The molecule has 1 aromatic heterocycles. The first-order chi connectivity index (χ1) is 15.2. The summed E-state index contributed by atoms with van der Waals surface area (Å²) in [4.78, 5) is 24.7. The van der Waals surface area contributed by atoms with E-state index in [0.29, 0.717) is 11.5 Å². The van der Waals surface area contributed by atoms with Crippen molar-refractivity contribution in [2.24, 2.45) is 5.92 Å². The Morgan fingerprint density at radius 1 is 1.16 bits per heavy atom. The van der Waals surface area contributed by atoms with Gasteiger partial charge >= 0.3 is 0 Å².